The number of nitrogens with zero attached hydrogens (tertiary/aromatic N) is 3. The summed E-state index contributed by atoms with van der Waals surface area (Å²) in [6, 6.07) is 0. The molecule has 0 aliphatic carbocycles. The molecule has 17 heavy (non-hydrogen) atoms. The Morgan fingerprint density at radius 1 is 1.41 bits per heavy atom. The summed E-state index contributed by atoms with van der Waals surface area (Å²) in [6.07, 6.45) is 1.68. The molecule has 0 radical (unpaired) electrons. The number of aliphatic hydroxyl groups is 1. The second-order valence-corrected chi connectivity index (χ2v) is 5.87. The monoisotopic (exact) mass is 256 g/mol. The lowest BCUT2D eigenvalue weighted by molar-refractivity contribution is -0.00734. The average Bonchev–Trinajstić information content (AvgIpc) is 2.70. The number of anilines is 1. The van der Waals surface area contributed by atoms with Crippen LogP contribution in [-0.2, 0) is 6.54 Å². The molecule has 2 heterocycles. The van der Waals surface area contributed by atoms with Crippen molar-refractivity contribution in [3.8, 4) is 0 Å². The molecule has 0 amide bonds. The topological polar surface area (TPSA) is 61.3 Å². The smallest absolute Gasteiger partial charge is 0.205 e. The van der Waals surface area contributed by atoms with Gasteiger partial charge in [-0.05, 0) is 26.7 Å². The molecule has 2 N–H and O–H groups in total. The fourth-order valence-corrected chi connectivity index (χ4v) is 2.77. The van der Waals surface area contributed by atoms with E-state index in [9.17, 15) is 5.11 Å². The van der Waals surface area contributed by atoms with E-state index in [1.165, 1.54) is 0 Å². The van der Waals surface area contributed by atoms with Gasteiger partial charge in [-0.1, -0.05) is 11.3 Å². The molecule has 0 bridgehead atoms. The fraction of sp³-hybridized carbons (Fsp3) is 0.818. The van der Waals surface area contributed by atoms with Crippen molar-refractivity contribution in [3.05, 3.63) is 5.01 Å². The number of hydrogen-bond acceptors (Lipinski definition) is 6. The Morgan fingerprint density at radius 3 is 2.76 bits per heavy atom. The minimum atomic E-state index is -0.480. The Bertz CT molecular complexity index is 356. The van der Waals surface area contributed by atoms with Crippen LogP contribution in [0, 0.1) is 0 Å². The van der Waals surface area contributed by atoms with Crippen molar-refractivity contribution >= 4 is 16.5 Å². The molecular weight excluding hydrogens is 236 g/mol. The third-order valence-electron chi connectivity index (χ3n) is 3.09. The predicted octanol–water partition coefficient (Wildman–Crippen LogP) is 1.32. The van der Waals surface area contributed by atoms with Gasteiger partial charge in [0.15, 0.2) is 0 Å². The zero-order valence-corrected chi connectivity index (χ0v) is 11.3. The van der Waals surface area contributed by atoms with Crippen LogP contribution < -0.4 is 5.32 Å². The normalized spacial score (nSPS) is 20.4. The van der Waals surface area contributed by atoms with Crippen molar-refractivity contribution in [2.24, 2.45) is 0 Å². The predicted molar refractivity (Wildman–Crippen MR) is 69.2 cm³/mol. The quantitative estimate of drug-likeness (QED) is 0.850. The van der Waals surface area contributed by atoms with Gasteiger partial charge < -0.3 is 10.4 Å². The van der Waals surface area contributed by atoms with Crippen LogP contribution in [0.5, 0.6) is 0 Å². The summed E-state index contributed by atoms with van der Waals surface area (Å²) in [5.74, 6) is 0. The van der Waals surface area contributed by atoms with E-state index in [1.54, 1.807) is 11.3 Å². The van der Waals surface area contributed by atoms with Crippen LogP contribution in [-0.4, -0.2) is 45.4 Å². The Morgan fingerprint density at radius 2 is 2.12 bits per heavy atom. The highest BCUT2D eigenvalue weighted by atomic mass is 32.1. The molecule has 1 aliphatic heterocycles. The lowest BCUT2D eigenvalue weighted by Gasteiger charge is -2.35. The van der Waals surface area contributed by atoms with Gasteiger partial charge in [0, 0.05) is 19.6 Å². The Kier molecular flexibility index (Phi) is 3.96. The maximum Gasteiger partial charge on any atom is 0.205 e. The van der Waals surface area contributed by atoms with Gasteiger partial charge in [-0.15, -0.1) is 10.2 Å². The van der Waals surface area contributed by atoms with Crippen molar-refractivity contribution in [2.75, 3.05) is 25.0 Å². The molecule has 0 atom stereocenters. The van der Waals surface area contributed by atoms with Gasteiger partial charge in [0.1, 0.15) is 5.01 Å². The van der Waals surface area contributed by atoms with Gasteiger partial charge in [0.05, 0.1) is 12.1 Å². The van der Waals surface area contributed by atoms with E-state index in [4.69, 9.17) is 0 Å². The molecule has 1 aliphatic rings. The summed E-state index contributed by atoms with van der Waals surface area (Å²) >= 11 is 1.61. The summed E-state index contributed by atoms with van der Waals surface area (Å²) in [4.78, 5) is 2.33. The highest BCUT2D eigenvalue weighted by molar-refractivity contribution is 7.15. The van der Waals surface area contributed by atoms with Crippen molar-refractivity contribution in [1.82, 2.24) is 15.1 Å². The van der Waals surface area contributed by atoms with E-state index in [2.05, 4.69) is 20.4 Å². The van der Waals surface area contributed by atoms with Gasteiger partial charge in [-0.2, -0.15) is 0 Å². The van der Waals surface area contributed by atoms with Crippen molar-refractivity contribution in [1.29, 1.82) is 0 Å². The number of piperidine rings is 1. The standard InChI is InChI=1S/C11H20N4OS/c1-3-12-10-14-13-9(17-10)8-15-6-4-11(2,16)5-7-15/h16H,3-8H2,1-2H3,(H,12,14). The van der Waals surface area contributed by atoms with Crippen molar-refractivity contribution in [2.45, 2.75) is 38.8 Å². The summed E-state index contributed by atoms with van der Waals surface area (Å²) in [7, 11) is 0. The van der Waals surface area contributed by atoms with Crippen molar-refractivity contribution < 1.29 is 5.11 Å². The third kappa shape index (κ3) is 3.62. The van der Waals surface area contributed by atoms with Crippen LogP contribution in [0.3, 0.4) is 0 Å². The first-order valence-corrected chi connectivity index (χ1v) is 6.92. The highest BCUT2D eigenvalue weighted by Gasteiger charge is 2.27. The first-order valence-electron chi connectivity index (χ1n) is 6.10. The molecule has 96 valence electrons. The fourth-order valence-electron chi connectivity index (χ4n) is 1.92. The van der Waals surface area contributed by atoms with Gasteiger partial charge in [-0.25, -0.2) is 0 Å². The number of nitrogens with one attached hydrogen (secondary N) is 1. The van der Waals surface area contributed by atoms with Crippen LogP contribution in [0.4, 0.5) is 5.13 Å². The van der Waals surface area contributed by atoms with Gasteiger partial charge in [-0.3, -0.25) is 4.90 Å². The number of hydrogen-bond donors (Lipinski definition) is 2. The summed E-state index contributed by atoms with van der Waals surface area (Å²) in [5.41, 5.74) is -0.480. The third-order valence-corrected chi connectivity index (χ3v) is 3.95. The molecule has 6 heteroatoms. The van der Waals surface area contributed by atoms with E-state index in [0.717, 1.165) is 49.2 Å². The molecule has 1 aromatic heterocycles. The SMILES string of the molecule is CCNc1nnc(CN2CCC(C)(O)CC2)s1. The summed E-state index contributed by atoms with van der Waals surface area (Å²) in [5, 5.41) is 23.2. The maximum absolute atomic E-state index is 9.87. The second kappa shape index (κ2) is 5.29. The molecule has 0 saturated carbocycles. The van der Waals surface area contributed by atoms with Crippen LogP contribution in [0.1, 0.15) is 31.7 Å². The minimum Gasteiger partial charge on any atom is -0.390 e. The summed E-state index contributed by atoms with van der Waals surface area (Å²) in [6.45, 7) is 7.55. The Labute approximate surface area is 106 Å². The molecule has 0 spiro atoms. The zero-order chi connectivity index (χ0) is 12.3. The lowest BCUT2D eigenvalue weighted by Crippen LogP contribution is -2.41. The van der Waals surface area contributed by atoms with Gasteiger partial charge in [0.2, 0.25) is 5.13 Å². The summed E-state index contributed by atoms with van der Waals surface area (Å²) < 4.78 is 0. The lowest BCUT2D eigenvalue weighted by atomic mass is 9.94. The molecule has 1 fully saturated rings. The first kappa shape index (κ1) is 12.7. The number of aromatic nitrogens is 2. The molecule has 0 aromatic carbocycles. The largest absolute Gasteiger partial charge is 0.390 e. The molecule has 5 nitrogen and oxygen atoms in total. The molecule has 1 saturated heterocycles. The van der Waals surface area contributed by atoms with E-state index >= 15 is 0 Å². The molecule has 0 unspecified atom stereocenters. The minimum absolute atomic E-state index is 0.480. The van der Waals surface area contributed by atoms with E-state index in [1.807, 2.05) is 13.8 Å². The molecular formula is C11H20N4OS. The van der Waals surface area contributed by atoms with Gasteiger partial charge >= 0.3 is 0 Å². The van der Waals surface area contributed by atoms with E-state index in [0.29, 0.717) is 0 Å². The van der Waals surface area contributed by atoms with E-state index in [-0.39, 0.29) is 0 Å². The number of likely N-dealkylation sites (tertiary alicyclic amines) is 1. The van der Waals surface area contributed by atoms with E-state index < -0.39 is 5.60 Å². The highest BCUT2D eigenvalue weighted by Crippen LogP contribution is 2.23. The molecule has 2 rings (SSSR count). The van der Waals surface area contributed by atoms with Crippen LogP contribution in [0.15, 0.2) is 0 Å². The van der Waals surface area contributed by atoms with Crippen LogP contribution in [0.25, 0.3) is 0 Å². The molecule has 1 aromatic rings. The first-order chi connectivity index (χ1) is 8.09. The van der Waals surface area contributed by atoms with Crippen LogP contribution in [0.2, 0.25) is 0 Å². The number of rotatable bonds is 4. The van der Waals surface area contributed by atoms with Gasteiger partial charge in [0.25, 0.3) is 0 Å². The second-order valence-electron chi connectivity index (χ2n) is 4.80. The Hall–Kier alpha value is -0.720. The van der Waals surface area contributed by atoms with Crippen molar-refractivity contribution in [3.63, 3.8) is 0 Å². The average molecular weight is 256 g/mol. The zero-order valence-electron chi connectivity index (χ0n) is 10.4. The van der Waals surface area contributed by atoms with Crippen LogP contribution >= 0.6 is 11.3 Å². The maximum atomic E-state index is 9.87. The Balaban J connectivity index is 1.84.